The van der Waals surface area contributed by atoms with Crippen LogP contribution in [0, 0.1) is 11.8 Å². The number of esters is 3. The highest BCUT2D eigenvalue weighted by molar-refractivity contribution is 5.71. The number of hydrogen-bond acceptors (Lipinski definition) is 6. The molecule has 0 bridgehead atoms. The van der Waals surface area contributed by atoms with Crippen molar-refractivity contribution in [2.24, 2.45) is 11.8 Å². The molecule has 0 aliphatic carbocycles. The Morgan fingerprint density at radius 2 is 0.567 bits per heavy atom. The molecule has 0 heterocycles. The van der Waals surface area contributed by atoms with Gasteiger partial charge in [-0.1, -0.05) is 304 Å². The molecule has 0 rings (SSSR count). The van der Waals surface area contributed by atoms with Crippen LogP contribution in [0.4, 0.5) is 0 Å². The smallest absolute Gasteiger partial charge is 0.306 e. The van der Waals surface area contributed by atoms with E-state index in [2.05, 4.69) is 34.6 Å². The van der Waals surface area contributed by atoms with Crippen molar-refractivity contribution in [3.8, 4) is 0 Å². The van der Waals surface area contributed by atoms with Crippen LogP contribution in [0.2, 0.25) is 0 Å². The molecule has 6 nitrogen and oxygen atoms in total. The third kappa shape index (κ3) is 53.6. The van der Waals surface area contributed by atoms with Crippen LogP contribution in [0.15, 0.2) is 0 Å². The summed E-state index contributed by atoms with van der Waals surface area (Å²) in [5.41, 5.74) is 0. The Morgan fingerprint density at radius 3 is 0.851 bits per heavy atom. The maximum atomic E-state index is 12.8. The average molecular weight is 948 g/mol. The second-order valence-corrected chi connectivity index (χ2v) is 21.7. The van der Waals surface area contributed by atoms with Gasteiger partial charge in [-0.25, -0.2) is 0 Å². The molecule has 0 fully saturated rings. The maximum absolute atomic E-state index is 12.8. The highest BCUT2D eigenvalue weighted by atomic mass is 16.6. The van der Waals surface area contributed by atoms with Crippen molar-refractivity contribution in [3.63, 3.8) is 0 Å². The minimum atomic E-state index is -0.762. The zero-order valence-electron chi connectivity index (χ0n) is 46.0. The van der Waals surface area contributed by atoms with Crippen molar-refractivity contribution < 1.29 is 28.6 Å². The average Bonchev–Trinajstić information content (AvgIpc) is 3.31. The Bertz CT molecular complexity index is 1030. The first-order valence-electron chi connectivity index (χ1n) is 30.3. The number of ether oxygens (including phenoxy) is 3. The van der Waals surface area contributed by atoms with Crippen molar-refractivity contribution in [2.75, 3.05) is 13.2 Å². The lowest BCUT2D eigenvalue weighted by Gasteiger charge is -2.18. The summed E-state index contributed by atoms with van der Waals surface area (Å²) >= 11 is 0. The second-order valence-electron chi connectivity index (χ2n) is 21.7. The molecule has 0 radical (unpaired) electrons. The quantitative estimate of drug-likeness (QED) is 0.0343. The molecule has 398 valence electrons. The molecule has 6 heteroatoms. The van der Waals surface area contributed by atoms with Crippen LogP contribution >= 0.6 is 0 Å². The molecule has 0 aromatic carbocycles. The number of carbonyl (C=O) groups is 3. The third-order valence-corrected chi connectivity index (χ3v) is 14.3. The van der Waals surface area contributed by atoms with Gasteiger partial charge in [0.05, 0.1) is 0 Å². The van der Waals surface area contributed by atoms with E-state index < -0.39 is 6.10 Å². The summed E-state index contributed by atoms with van der Waals surface area (Å²) < 4.78 is 16.9. The summed E-state index contributed by atoms with van der Waals surface area (Å²) in [5, 5.41) is 0. The van der Waals surface area contributed by atoms with E-state index in [1.165, 1.54) is 231 Å². The van der Waals surface area contributed by atoms with E-state index >= 15 is 0 Å². The molecule has 0 amide bonds. The van der Waals surface area contributed by atoms with E-state index in [-0.39, 0.29) is 31.1 Å². The number of hydrogen-bond donors (Lipinski definition) is 0. The van der Waals surface area contributed by atoms with Gasteiger partial charge < -0.3 is 14.2 Å². The summed E-state index contributed by atoms with van der Waals surface area (Å²) in [7, 11) is 0. The van der Waals surface area contributed by atoms with Crippen LogP contribution in [-0.2, 0) is 28.6 Å². The van der Waals surface area contributed by atoms with E-state index in [1.807, 2.05) is 0 Å². The lowest BCUT2D eigenvalue weighted by Crippen LogP contribution is -2.30. The van der Waals surface area contributed by atoms with Crippen molar-refractivity contribution in [2.45, 2.75) is 349 Å². The minimum Gasteiger partial charge on any atom is -0.462 e. The largest absolute Gasteiger partial charge is 0.462 e. The summed E-state index contributed by atoms with van der Waals surface area (Å²) in [6, 6.07) is 0. The highest BCUT2D eigenvalue weighted by Gasteiger charge is 2.19. The minimum absolute atomic E-state index is 0.0623. The van der Waals surface area contributed by atoms with E-state index in [9.17, 15) is 14.4 Å². The van der Waals surface area contributed by atoms with Crippen molar-refractivity contribution in [1.82, 2.24) is 0 Å². The number of unbranched alkanes of at least 4 members (excludes halogenated alkanes) is 39. The molecule has 2 atom stereocenters. The first-order valence-corrected chi connectivity index (χ1v) is 30.3. The number of carbonyl (C=O) groups excluding carboxylic acids is 3. The van der Waals surface area contributed by atoms with Gasteiger partial charge in [-0.05, 0) is 31.1 Å². The first-order chi connectivity index (χ1) is 32.8. The molecule has 0 aliphatic heterocycles. The summed E-state index contributed by atoms with van der Waals surface area (Å²) in [5.74, 6) is 0.907. The van der Waals surface area contributed by atoms with Crippen LogP contribution < -0.4 is 0 Å². The van der Waals surface area contributed by atoms with Gasteiger partial charge in [0.1, 0.15) is 13.2 Å². The standard InChI is InChI=1S/C61H118O6/c1-6-8-9-10-11-12-13-26-33-38-43-48-53-61(64)67-58(55-66-60(63)52-47-42-37-32-28-23-22-24-29-34-39-44-49-56(3)4)54-65-59(62)51-46-41-36-31-27-21-19-17-15-14-16-18-20-25-30-35-40-45-50-57(5)7-2/h56-58H,6-55H2,1-5H3/t57?,58-/m1/s1. The van der Waals surface area contributed by atoms with Gasteiger partial charge in [-0.2, -0.15) is 0 Å². The zero-order chi connectivity index (χ0) is 48.9. The Balaban J connectivity index is 4.21. The predicted molar refractivity (Wildman–Crippen MR) is 289 cm³/mol. The monoisotopic (exact) mass is 947 g/mol. The van der Waals surface area contributed by atoms with Crippen LogP contribution in [0.25, 0.3) is 0 Å². The lowest BCUT2D eigenvalue weighted by atomic mass is 9.99. The molecular weight excluding hydrogens is 829 g/mol. The summed E-state index contributed by atoms with van der Waals surface area (Å²) in [6.45, 7) is 11.5. The second kappa shape index (κ2) is 53.8. The number of rotatable bonds is 55. The SMILES string of the molecule is CCCCCCCCCCCCCCC(=O)O[C@H](COC(=O)CCCCCCCCCCCCCCCCCCCCC(C)CC)COC(=O)CCCCCCCCCCCCCCC(C)C. The fraction of sp³-hybridized carbons (Fsp3) is 0.951. The third-order valence-electron chi connectivity index (χ3n) is 14.3. The lowest BCUT2D eigenvalue weighted by molar-refractivity contribution is -0.167. The highest BCUT2D eigenvalue weighted by Crippen LogP contribution is 2.19. The topological polar surface area (TPSA) is 78.9 Å². The molecule has 0 aromatic heterocycles. The Hall–Kier alpha value is -1.59. The van der Waals surface area contributed by atoms with Crippen LogP contribution in [0.1, 0.15) is 343 Å². The molecule has 0 aromatic rings. The summed E-state index contributed by atoms with van der Waals surface area (Å²) in [4.78, 5) is 38.2. The molecule has 0 spiro atoms. The Labute approximate surface area is 418 Å². The molecule has 0 saturated heterocycles. The Kier molecular flexibility index (Phi) is 52.5. The van der Waals surface area contributed by atoms with E-state index in [0.717, 1.165) is 69.6 Å². The van der Waals surface area contributed by atoms with Gasteiger partial charge in [-0.15, -0.1) is 0 Å². The van der Waals surface area contributed by atoms with E-state index in [1.54, 1.807) is 0 Å². The van der Waals surface area contributed by atoms with E-state index in [0.29, 0.717) is 19.3 Å². The van der Waals surface area contributed by atoms with Crippen molar-refractivity contribution in [1.29, 1.82) is 0 Å². The molecule has 0 aliphatic rings. The fourth-order valence-corrected chi connectivity index (χ4v) is 9.37. The fourth-order valence-electron chi connectivity index (χ4n) is 9.37. The first kappa shape index (κ1) is 65.4. The van der Waals surface area contributed by atoms with Gasteiger partial charge >= 0.3 is 17.9 Å². The van der Waals surface area contributed by atoms with E-state index in [4.69, 9.17) is 14.2 Å². The maximum Gasteiger partial charge on any atom is 0.306 e. The normalized spacial score (nSPS) is 12.4. The van der Waals surface area contributed by atoms with Crippen molar-refractivity contribution >= 4 is 17.9 Å². The molecule has 0 N–H and O–H groups in total. The van der Waals surface area contributed by atoms with Crippen LogP contribution in [0.3, 0.4) is 0 Å². The van der Waals surface area contributed by atoms with Crippen LogP contribution in [0.5, 0.6) is 0 Å². The predicted octanol–water partition coefficient (Wildman–Crippen LogP) is 20.0. The molecular formula is C61H118O6. The zero-order valence-corrected chi connectivity index (χ0v) is 46.0. The van der Waals surface area contributed by atoms with Crippen LogP contribution in [-0.4, -0.2) is 37.2 Å². The Morgan fingerprint density at radius 1 is 0.313 bits per heavy atom. The molecule has 1 unspecified atom stereocenters. The van der Waals surface area contributed by atoms with Gasteiger partial charge in [-0.3, -0.25) is 14.4 Å². The summed E-state index contributed by atoms with van der Waals surface area (Å²) in [6.07, 6.45) is 58.1. The molecule has 67 heavy (non-hydrogen) atoms. The van der Waals surface area contributed by atoms with Gasteiger partial charge in [0.2, 0.25) is 0 Å². The van der Waals surface area contributed by atoms with Gasteiger partial charge in [0, 0.05) is 19.3 Å². The van der Waals surface area contributed by atoms with Gasteiger partial charge in [0.15, 0.2) is 6.10 Å². The van der Waals surface area contributed by atoms with Gasteiger partial charge in [0.25, 0.3) is 0 Å². The molecule has 0 saturated carbocycles. The van der Waals surface area contributed by atoms with Crippen molar-refractivity contribution in [3.05, 3.63) is 0 Å².